The first kappa shape index (κ1) is 18.8. The first-order chi connectivity index (χ1) is 12.9. The summed E-state index contributed by atoms with van der Waals surface area (Å²) in [5, 5.41) is 14.4. The second-order valence-corrected chi connectivity index (χ2v) is 8.24. The molecular formula is C17H16N4O4S2. The van der Waals surface area contributed by atoms with E-state index in [-0.39, 0.29) is 16.3 Å². The molecule has 140 valence electrons. The molecule has 3 rings (SSSR count). The molecule has 0 amide bonds. The van der Waals surface area contributed by atoms with E-state index in [1.807, 2.05) is 6.92 Å². The standard InChI is InChI=1S/C17H16N4O4S2/c1-12-17(26-11-19-12)10-18-15-8-7-14(9-16(15)21(22)23)27(24,25)20-13-5-3-2-4-6-13/h2-9,11,18,20H,10H2,1H3. The summed E-state index contributed by atoms with van der Waals surface area (Å²) in [5.41, 5.74) is 2.86. The second kappa shape index (κ2) is 7.72. The number of aromatic nitrogens is 1. The smallest absolute Gasteiger partial charge is 0.293 e. The van der Waals surface area contributed by atoms with Gasteiger partial charge in [-0.15, -0.1) is 11.3 Å². The lowest BCUT2D eigenvalue weighted by molar-refractivity contribution is -0.384. The van der Waals surface area contributed by atoms with Crippen LogP contribution in [0.5, 0.6) is 0 Å². The van der Waals surface area contributed by atoms with E-state index in [1.165, 1.54) is 23.5 Å². The number of aryl methyl sites for hydroxylation is 1. The van der Waals surface area contributed by atoms with Gasteiger partial charge in [0.2, 0.25) is 0 Å². The van der Waals surface area contributed by atoms with E-state index in [9.17, 15) is 18.5 Å². The van der Waals surface area contributed by atoms with Crippen molar-refractivity contribution < 1.29 is 13.3 Å². The topological polar surface area (TPSA) is 114 Å². The molecule has 0 radical (unpaired) electrons. The number of nitrogens with one attached hydrogen (secondary N) is 2. The molecule has 2 aromatic carbocycles. The van der Waals surface area contributed by atoms with Crippen LogP contribution in [0.15, 0.2) is 58.9 Å². The summed E-state index contributed by atoms with van der Waals surface area (Å²) >= 11 is 1.44. The summed E-state index contributed by atoms with van der Waals surface area (Å²) in [6.45, 7) is 2.22. The van der Waals surface area contributed by atoms with Gasteiger partial charge in [0, 0.05) is 16.6 Å². The molecule has 1 aromatic heterocycles. The average Bonchev–Trinajstić information content (AvgIpc) is 3.05. The van der Waals surface area contributed by atoms with E-state index in [4.69, 9.17) is 0 Å². The minimum absolute atomic E-state index is 0.183. The zero-order valence-corrected chi connectivity index (χ0v) is 15.9. The molecule has 3 aromatic rings. The fourth-order valence-electron chi connectivity index (χ4n) is 2.37. The highest BCUT2D eigenvalue weighted by molar-refractivity contribution is 7.92. The quantitative estimate of drug-likeness (QED) is 0.458. The lowest BCUT2D eigenvalue weighted by atomic mass is 10.2. The van der Waals surface area contributed by atoms with E-state index in [1.54, 1.807) is 35.8 Å². The van der Waals surface area contributed by atoms with Crippen molar-refractivity contribution >= 4 is 38.4 Å². The van der Waals surface area contributed by atoms with E-state index < -0.39 is 14.9 Å². The molecule has 0 unspecified atom stereocenters. The van der Waals surface area contributed by atoms with E-state index in [0.717, 1.165) is 16.6 Å². The number of nitro benzene ring substituents is 1. The van der Waals surface area contributed by atoms with Crippen LogP contribution in [0.4, 0.5) is 17.1 Å². The number of rotatable bonds is 7. The van der Waals surface area contributed by atoms with Crippen molar-refractivity contribution in [2.24, 2.45) is 0 Å². The number of hydrogen-bond donors (Lipinski definition) is 2. The second-order valence-electron chi connectivity index (χ2n) is 5.62. The van der Waals surface area contributed by atoms with Crippen molar-refractivity contribution in [3.8, 4) is 0 Å². The molecule has 0 spiro atoms. The highest BCUT2D eigenvalue weighted by Gasteiger charge is 2.21. The van der Waals surface area contributed by atoms with Gasteiger partial charge in [-0.25, -0.2) is 13.4 Å². The predicted octanol–water partition coefficient (Wildman–Crippen LogP) is 3.77. The third kappa shape index (κ3) is 4.41. The van der Waals surface area contributed by atoms with Crippen LogP contribution >= 0.6 is 11.3 Å². The van der Waals surface area contributed by atoms with Crippen LogP contribution in [0.25, 0.3) is 0 Å². The molecule has 0 aliphatic carbocycles. The molecule has 10 heteroatoms. The number of sulfonamides is 1. The maximum atomic E-state index is 12.5. The molecule has 0 bridgehead atoms. The molecule has 8 nitrogen and oxygen atoms in total. The van der Waals surface area contributed by atoms with Gasteiger partial charge in [-0.2, -0.15) is 0 Å². The fourth-order valence-corrected chi connectivity index (χ4v) is 4.17. The molecule has 0 saturated heterocycles. The third-order valence-corrected chi connectivity index (χ3v) is 6.10. The molecule has 0 aliphatic rings. The van der Waals surface area contributed by atoms with Gasteiger partial charge in [-0.05, 0) is 31.2 Å². The Morgan fingerprint density at radius 2 is 1.93 bits per heavy atom. The van der Waals surface area contributed by atoms with Gasteiger partial charge < -0.3 is 5.32 Å². The van der Waals surface area contributed by atoms with Crippen molar-refractivity contribution in [3.05, 3.63) is 74.7 Å². The number of nitro groups is 1. The van der Waals surface area contributed by atoms with E-state index in [0.29, 0.717) is 12.2 Å². The summed E-state index contributed by atoms with van der Waals surface area (Å²) in [6.07, 6.45) is 0. The van der Waals surface area contributed by atoms with Gasteiger partial charge in [-0.3, -0.25) is 14.8 Å². The van der Waals surface area contributed by atoms with Gasteiger partial charge in [0.1, 0.15) is 5.69 Å². The maximum Gasteiger partial charge on any atom is 0.293 e. The van der Waals surface area contributed by atoms with Crippen LogP contribution in [0.3, 0.4) is 0 Å². The third-order valence-electron chi connectivity index (χ3n) is 3.79. The number of hydrogen-bond acceptors (Lipinski definition) is 7. The van der Waals surface area contributed by atoms with Crippen LogP contribution < -0.4 is 10.0 Å². The zero-order chi connectivity index (χ0) is 19.4. The SMILES string of the molecule is Cc1ncsc1CNc1ccc(S(=O)(=O)Nc2ccccc2)cc1[N+](=O)[O-]. The van der Waals surface area contributed by atoms with Crippen LogP contribution in [0.2, 0.25) is 0 Å². The number of thiazole rings is 1. The Hall–Kier alpha value is -2.98. The molecule has 0 aliphatic heterocycles. The van der Waals surface area contributed by atoms with Crippen molar-refractivity contribution in [1.29, 1.82) is 0 Å². The predicted molar refractivity (Wildman–Crippen MR) is 105 cm³/mol. The molecular weight excluding hydrogens is 388 g/mol. The van der Waals surface area contributed by atoms with Gasteiger partial charge in [0.15, 0.2) is 0 Å². The fraction of sp³-hybridized carbons (Fsp3) is 0.118. The number of nitrogens with zero attached hydrogens (tertiary/aromatic N) is 2. The molecule has 0 saturated carbocycles. The summed E-state index contributed by atoms with van der Waals surface area (Å²) in [4.78, 5) is 15.7. The van der Waals surface area contributed by atoms with Crippen molar-refractivity contribution in [2.45, 2.75) is 18.4 Å². The van der Waals surface area contributed by atoms with Gasteiger partial charge in [0.25, 0.3) is 15.7 Å². The minimum Gasteiger partial charge on any atom is -0.375 e. The molecule has 2 N–H and O–H groups in total. The van der Waals surface area contributed by atoms with E-state index in [2.05, 4.69) is 15.0 Å². The monoisotopic (exact) mass is 404 g/mol. The number of anilines is 2. The van der Waals surface area contributed by atoms with E-state index >= 15 is 0 Å². The molecule has 27 heavy (non-hydrogen) atoms. The Morgan fingerprint density at radius 1 is 1.19 bits per heavy atom. The first-order valence-electron chi connectivity index (χ1n) is 7.86. The Labute approximate surface area is 160 Å². The van der Waals surface area contributed by atoms with Crippen LogP contribution in [0.1, 0.15) is 10.6 Å². The Bertz CT molecular complexity index is 1070. The average molecular weight is 404 g/mol. The van der Waals surface area contributed by atoms with Crippen molar-refractivity contribution in [1.82, 2.24) is 4.98 Å². The van der Waals surface area contributed by atoms with Crippen molar-refractivity contribution in [2.75, 3.05) is 10.0 Å². The van der Waals surface area contributed by atoms with Gasteiger partial charge in [0.05, 0.1) is 27.6 Å². The highest BCUT2D eigenvalue weighted by atomic mass is 32.2. The number of para-hydroxylation sites is 1. The maximum absolute atomic E-state index is 12.5. The molecule has 0 atom stereocenters. The lowest BCUT2D eigenvalue weighted by Crippen LogP contribution is -2.13. The normalized spacial score (nSPS) is 11.1. The zero-order valence-electron chi connectivity index (χ0n) is 14.2. The Kier molecular flexibility index (Phi) is 5.38. The van der Waals surface area contributed by atoms with Crippen LogP contribution in [0, 0.1) is 17.0 Å². The van der Waals surface area contributed by atoms with Crippen molar-refractivity contribution in [3.63, 3.8) is 0 Å². The van der Waals surface area contributed by atoms with Crippen LogP contribution in [-0.4, -0.2) is 18.3 Å². The summed E-state index contributed by atoms with van der Waals surface area (Å²) in [6, 6.07) is 12.1. The Morgan fingerprint density at radius 3 is 2.56 bits per heavy atom. The number of benzene rings is 2. The summed E-state index contributed by atoms with van der Waals surface area (Å²) < 4.78 is 27.4. The molecule has 1 heterocycles. The van der Waals surface area contributed by atoms with Gasteiger partial charge in [-0.1, -0.05) is 18.2 Å². The van der Waals surface area contributed by atoms with Crippen LogP contribution in [-0.2, 0) is 16.6 Å². The summed E-state index contributed by atoms with van der Waals surface area (Å²) in [5.74, 6) is 0. The minimum atomic E-state index is -3.94. The largest absolute Gasteiger partial charge is 0.375 e. The highest BCUT2D eigenvalue weighted by Crippen LogP contribution is 2.29. The van der Waals surface area contributed by atoms with Gasteiger partial charge >= 0.3 is 0 Å². The first-order valence-corrected chi connectivity index (χ1v) is 10.2. The summed E-state index contributed by atoms with van der Waals surface area (Å²) in [7, 11) is -3.94. The Balaban J connectivity index is 1.86. The molecule has 0 fully saturated rings. The lowest BCUT2D eigenvalue weighted by Gasteiger charge is -2.10.